The van der Waals surface area contributed by atoms with Crippen molar-refractivity contribution in [1.29, 1.82) is 0 Å². The topological polar surface area (TPSA) is 52.3 Å². The van der Waals surface area contributed by atoms with Crippen molar-refractivity contribution >= 4 is 21.6 Å². The van der Waals surface area contributed by atoms with E-state index in [1.807, 2.05) is 40.9 Å². The first-order valence-corrected chi connectivity index (χ1v) is 6.09. The van der Waals surface area contributed by atoms with Crippen LogP contribution in [0, 0.1) is 0 Å². The first-order valence-electron chi connectivity index (χ1n) is 5.30. The number of benzene rings is 1. The summed E-state index contributed by atoms with van der Waals surface area (Å²) in [7, 11) is 1.56. The normalized spacial score (nSPS) is 10.8. The molecule has 0 saturated heterocycles. The first-order chi connectivity index (χ1) is 8.79. The summed E-state index contributed by atoms with van der Waals surface area (Å²) in [6.07, 6.45) is 1.82. The van der Waals surface area contributed by atoms with E-state index in [9.17, 15) is 0 Å². The summed E-state index contributed by atoms with van der Waals surface area (Å²) < 4.78 is 7.72. The molecule has 2 aromatic heterocycles. The number of hydrogen-bond acceptors (Lipinski definition) is 4. The summed E-state index contributed by atoms with van der Waals surface area (Å²) in [6.45, 7) is 0. The van der Waals surface area contributed by atoms with Crippen molar-refractivity contribution in [2.75, 3.05) is 7.11 Å². The molecule has 0 saturated carbocycles. The minimum atomic E-state index is 0.444. The van der Waals surface area contributed by atoms with E-state index in [4.69, 9.17) is 4.74 Å². The van der Waals surface area contributed by atoms with E-state index in [0.717, 1.165) is 11.4 Å². The molecule has 0 bridgehead atoms. The lowest BCUT2D eigenvalue weighted by Crippen LogP contribution is -1.96. The van der Waals surface area contributed by atoms with Crippen LogP contribution in [0.25, 0.3) is 17.0 Å². The van der Waals surface area contributed by atoms with Crippen molar-refractivity contribution in [3.05, 3.63) is 41.1 Å². The van der Waals surface area contributed by atoms with Crippen molar-refractivity contribution in [2.24, 2.45) is 0 Å². The Morgan fingerprint density at radius 1 is 1.17 bits per heavy atom. The van der Waals surface area contributed by atoms with Gasteiger partial charge in [0.05, 0.1) is 7.11 Å². The highest BCUT2D eigenvalue weighted by atomic mass is 79.9. The Balaban J connectivity index is 2.30. The van der Waals surface area contributed by atoms with Crippen LogP contribution in [-0.2, 0) is 0 Å². The van der Waals surface area contributed by atoms with Gasteiger partial charge in [0.25, 0.3) is 5.88 Å². The van der Waals surface area contributed by atoms with Crippen molar-refractivity contribution in [1.82, 2.24) is 19.6 Å². The van der Waals surface area contributed by atoms with Gasteiger partial charge in [0.15, 0.2) is 5.82 Å². The maximum Gasteiger partial charge on any atom is 0.261 e. The van der Waals surface area contributed by atoms with Crippen LogP contribution >= 0.6 is 15.9 Å². The number of ether oxygens (including phenoxy) is 1. The molecule has 0 spiro atoms. The lowest BCUT2D eigenvalue weighted by molar-refractivity contribution is 0.399. The fourth-order valence-corrected chi connectivity index (χ4v) is 2.13. The molecule has 0 fully saturated rings. The fraction of sp³-hybridized carbons (Fsp3) is 0.0833. The van der Waals surface area contributed by atoms with E-state index in [2.05, 4.69) is 31.1 Å². The van der Waals surface area contributed by atoms with E-state index in [-0.39, 0.29) is 0 Å². The molecule has 5 nitrogen and oxygen atoms in total. The van der Waals surface area contributed by atoms with Crippen molar-refractivity contribution in [2.45, 2.75) is 0 Å². The lowest BCUT2D eigenvalue weighted by atomic mass is 10.2. The summed E-state index contributed by atoms with van der Waals surface area (Å²) in [4.78, 5) is 4.20. The molecule has 0 aliphatic rings. The SMILES string of the molecule is COc1nc(Br)cn2c(-c3ccccc3)nnc12. The third-order valence-electron chi connectivity index (χ3n) is 2.56. The predicted octanol–water partition coefficient (Wildman–Crippen LogP) is 2.56. The van der Waals surface area contributed by atoms with Crippen LogP contribution in [0.3, 0.4) is 0 Å². The largest absolute Gasteiger partial charge is 0.478 e. The molecular weight excluding hydrogens is 296 g/mol. The van der Waals surface area contributed by atoms with E-state index in [1.54, 1.807) is 7.11 Å². The molecule has 0 N–H and O–H groups in total. The summed E-state index contributed by atoms with van der Waals surface area (Å²) >= 11 is 3.35. The molecule has 0 amide bonds. The third kappa shape index (κ3) is 1.74. The predicted molar refractivity (Wildman–Crippen MR) is 70.5 cm³/mol. The Morgan fingerprint density at radius 2 is 1.94 bits per heavy atom. The molecule has 90 valence electrons. The van der Waals surface area contributed by atoms with Crippen LogP contribution in [0.15, 0.2) is 41.1 Å². The number of aromatic nitrogens is 4. The molecule has 0 radical (unpaired) electrons. The monoisotopic (exact) mass is 304 g/mol. The van der Waals surface area contributed by atoms with Crippen molar-refractivity contribution < 1.29 is 4.74 Å². The van der Waals surface area contributed by atoms with Gasteiger partial charge in [0.2, 0.25) is 5.65 Å². The Kier molecular flexibility index (Phi) is 2.71. The van der Waals surface area contributed by atoms with Crippen LogP contribution in [-0.4, -0.2) is 26.7 Å². The zero-order chi connectivity index (χ0) is 12.5. The number of nitrogens with zero attached hydrogens (tertiary/aromatic N) is 4. The van der Waals surface area contributed by atoms with Gasteiger partial charge in [-0.25, -0.2) is 4.98 Å². The van der Waals surface area contributed by atoms with Gasteiger partial charge in [-0.1, -0.05) is 30.3 Å². The van der Waals surface area contributed by atoms with Crippen molar-refractivity contribution in [3.63, 3.8) is 0 Å². The van der Waals surface area contributed by atoms with Crippen molar-refractivity contribution in [3.8, 4) is 17.3 Å². The Morgan fingerprint density at radius 3 is 2.67 bits per heavy atom. The van der Waals surface area contributed by atoms with Gasteiger partial charge < -0.3 is 4.74 Å². The van der Waals surface area contributed by atoms with Gasteiger partial charge in [-0.3, -0.25) is 4.40 Å². The minimum absolute atomic E-state index is 0.444. The molecule has 3 rings (SSSR count). The maximum absolute atomic E-state index is 5.19. The quantitative estimate of drug-likeness (QED) is 0.730. The Labute approximate surface area is 112 Å². The zero-order valence-electron chi connectivity index (χ0n) is 9.54. The minimum Gasteiger partial charge on any atom is -0.478 e. The summed E-state index contributed by atoms with van der Waals surface area (Å²) in [5.41, 5.74) is 1.59. The smallest absolute Gasteiger partial charge is 0.261 e. The summed E-state index contributed by atoms with van der Waals surface area (Å²) in [5.74, 6) is 1.20. The van der Waals surface area contributed by atoms with E-state index in [0.29, 0.717) is 16.1 Å². The molecule has 3 aromatic rings. The van der Waals surface area contributed by atoms with Gasteiger partial charge in [0, 0.05) is 11.8 Å². The van der Waals surface area contributed by atoms with Gasteiger partial charge in [-0.2, -0.15) is 0 Å². The van der Waals surface area contributed by atoms with Gasteiger partial charge in [-0.15, -0.1) is 10.2 Å². The lowest BCUT2D eigenvalue weighted by Gasteiger charge is -2.03. The molecule has 2 heterocycles. The Bertz CT molecular complexity index is 696. The molecule has 1 aromatic carbocycles. The first kappa shape index (κ1) is 11.2. The van der Waals surface area contributed by atoms with Crippen LogP contribution in [0.4, 0.5) is 0 Å². The van der Waals surface area contributed by atoms with E-state index in [1.165, 1.54) is 0 Å². The zero-order valence-corrected chi connectivity index (χ0v) is 11.1. The van der Waals surface area contributed by atoms with Crippen LogP contribution in [0.2, 0.25) is 0 Å². The molecule has 6 heteroatoms. The third-order valence-corrected chi connectivity index (χ3v) is 2.94. The second-order valence-electron chi connectivity index (χ2n) is 3.66. The average Bonchev–Trinajstić information content (AvgIpc) is 2.82. The van der Waals surface area contributed by atoms with Crippen LogP contribution in [0.1, 0.15) is 0 Å². The van der Waals surface area contributed by atoms with Gasteiger partial charge in [0.1, 0.15) is 4.60 Å². The number of fused-ring (bicyclic) bond motifs is 1. The molecule has 0 aliphatic heterocycles. The summed E-state index contributed by atoms with van der Waals surface area (Å²) in [5, 5.41) is 8.30. The molecule has 18 heavy (non-hydrogen) atoms. The highest BCUT2D eigenvalue weighted by Gasteiger charge is 2.13. The number of rotatable bonds is 2. The molecule has 0 unspecified atom stereocenters. The second-order valence-corrected chi connectivity index (χ2v) is 4.47. The molecule has 0 aliphatic carbocycles. The molecular formula is C12H9BrN4O. The number of methoxy groups -OCH3 is 1. The second kappa shape index (κ2) is 4.38. The standard InChI is InChI=1S/C12H9BrN4O/c1-18-12-11-16-15-10(8-5-3-2-4-6-8)17(11)7-9(13)14-12/h2-7H,1H3. The van der Waals surface area contributed by atoms with Gasteiger partial charge in [-0.05, 0) is 15.9 Å². The van der Waals surface area contributed by atoms with Crippen LogP contribution in [0.5, 0.6) is 5.88 Å². The Hall–Kier alpha value is -1.95. The summed E-state index contributed by atoms with van der Waals surface area (Å²) in [6, 6.07) is 9.85. The van der Waals surface area contributed by atoms with Crippen LogP contribution < -0.4 is 4.74 Å². The maximum atomic E-state index is 5.19. The van der Waals surface area contributed by atoms with E-state index >= 15 is 0 Å². The number of halogens is 1. The number of hydrogen-bond donors (Lipinski definition) is 0. The fourth-order valence-electron chi connectivity index (χ4n) is 1.76. The highest BCUT2D eigenvalue weighted by Crippen LogP contribution is 2.24. The average molecular weight is 305 g/mol. The molecule has 0 atom stereocenters. The highest BCUT2D eigenvalue weighted by molar-refractivity contribution is 9.10. The van der Waals surface area contributed by atoms with E-state index < -0.39 is 0 Å². The van der Waals surface area contributed by atoms with Gasteiger partial charge >= 0.3 is 0 Å².